The summed E-state index contributed by atoms with van der Waals surface area (Å²) in [4.78, 5) is 0. The van der Waals surface area contributed by atoms with E-state index in [1.54, 1.807) is 0 Å². The Bertz CT molecular complexity index is 565. The number of nitrogen functional groups attached to an aromatic ring is 1. The van der Waals surface area contributed by atoms with Gasteiger partial charge in [0.2, 0.25) is 10.0 Å². The van der Waals surface area contributed by atoms with E-state index in [1.165, 1.54) is 6.07 Å². The summed E-state index contributed by atoms with van der Waals surface area (Å²) < 4.78 is 63.0. The maximum absolute atomic E-state index is 12.6. The first kappa shape index (κ1) is 13.0. The minimum atomic E-state index is -4.61. The monoisotopic (exact) mass is 280 g/mol. The number of sulfonamides is 1. The van der Waals surface area contributed by atoms with E-state index in [1.807, 2.05) is 0 Å². The lowest BCUT2D eigenvalue weighted by Gasteiger charge is -2.13. The Morgan fingerprint density at radius 3 is 2.39 bits per heavy atom. The molecule has 3 N–H and O–H groups in total. The Morgan fingerprint density at radius 1 is 1.28 bits per heavy atom. The predicted molar refractivity (Wildman–Crippen MR) is 61.4 cm³/mol. The van der Waals surface area contributed by atoms with Gasteiger partial charge < -0.3 is 5.73 Å². The Morgan fingerprint density at radius 2 is 1.89 bits per heavy atom. The summed E-state index contributed by atoms with van der Waals surface area (Å²) in [6.07, 6.45) is -3.53. The number of benzene rings is 1. The van der Waals surface area contributed by atoms with Crippen LogP contribution in [0.1, 0.15) is 18.4 Å². The quantitative estimate of drug-likeness (QED) is 0.834. The fourth-order valence-electron chi connectivity index (χ4n) is 1.49. The van der Waals surface area contributed by atoms with Crippen LogP contribution < -0.4 is 10.5 Å². The lowest BCUT2D eigenvalue weighted by molar-refractivity contribution is -0.136. The number of nitrogens with two attached hydrogens (primary N) is 1. The highest BCUT2D eigenvalue weighted by Crippen LogP contribution is 2.36. The number of halogens is 3. The number of rotatable bonds is 3. The van der Waals surface area contributed by atoms with Crippen molar-refractivity contribution in [2.24, 2.45) is 0 Å². The van der Waals surface area contributed by atoms with Crippen molar-refractivity contribution in [2.45, 2.75) is 24.3 Å². The van der Waals surface area contributed by atoms with Gasteiger partial charge in [-0.1, -0.05) is 0 Å². The summed E-state index contributed by atoms with van der Waals surface area (Å²) in [7, 11) is -3.57. The first-order valence-corrected chi connectivity index (χ1v) is 6.73. The largest absolute Gasteiger partial charge is 0.418 e. The highest BCUT2D eigenvalue weighted by atomic mass is 32.2. The van der Waals surface area contributed by atoms with Crippen LogP contribution in [0.4, 0.5) is 24.5 Å². The molecule has 100 valence electrons. The first-order chi connectivity index (χ1) is 8.20. The van der Waals surface area contributed by atoms with Crippen LogP contribution in [0.15, 0.2) is 18.2 Å². The maximum atomic E-state index is 12.6. The van der Waals surface area contributed by atoms with Crippen LogP contribution in [-0.4, -0.2) is 13.7 Å². The topological polar surface area (TPSA) is 72.2 Å². The lowest BCUT2D eigenvalue weighted by atomic mass is 10.1. The number of anilines is 2. The highest BCUT2D eigenvalue weighted by Gasteiger charge is 2.37. The highest BCUT2D eigenvalue weighted by molar-refractivity contribution is 7.93. The molecule has 0 heterocycles. The molecule has 1 fully saturated rings. The minimum Gasteiger partial charge on any atom is -0.398 e. The molecule has 0 atom stereocenters. The Balaban J connectivity index is 2.30. The molecule has 1 saturated carbocycles. The van der Waals surface area contributed by atoms with Crippen LogP contribution >= 0.6 is 0 Å². The van der Waals surface area contributed by atoms with Crippen molar-refractivity contribution in [3.05, 3.63) is 23.8 Å². The molecular formula is C10H11F3N2O2S. The number of hydrogen-bond acceptors (Lipinski definition) is 3. The van der Waals surface area contributed by atoms with E-state index in [4.69, 9.17) is 5.73 Å². The summed E-state index contributed by atoms with van der Waals surface area (Å²) in [6, 6.07) is 2.95. The first-order valence-electron chi connectivity index (χ1n) is 5.18. The average Bonchev–Trinajstić information content (AvgIpc) is 3.02. The van der Waals surface area contributed by atoms with Gasteiger partial charge in [-0.2, -0.15) is 13.2 Å². The third-order valence-corrected chi connectivity index (χ3v) is 4.45. The minimum absolute atomic E-state index is 0.122. The molecule has 0 saturated heterocycles. The van der Waals surface area contributed by atoms with Gasteiger partial charge in [0, 0.05) is 11.4 Å². The van der Waals surface area contributed by atoms with Crippen molar-refractivity contribution in [1.29, 1.82) is 0 Å². The van der Waals surface area contributed by atoms with Crippen LogP contribution in [0.5, 0.6) is 0 Å². The molecule has 0 unspecified atom stereocenters. The second-order valence-corrected chi connectivity index (χ2v) is 6.11. The molecule has 0 aromatic heterocycles. The smallest absolute Gasteiger partial charge is 0.398 e. The number of hydrogen-bond donors (Lipinski definition) is 2. The average molecular weight is 280 g/mol. The molecule has 18 heavy (non-hydrogen) atoms. The molecule has 4 nitrogen and oxygen atoms in total. The molecule has 0 amide bonds. The maximum Gasteiger partial charge on any atom is 0.418 e. The summed E-state index contributed by atoms with van der Waals surface area (Å²) in [6.45, 7) is 0. The second-order valence-electron chi connectivity index (χ2n) is 4.15. The van der Waals surface area contributed by atoms with Crippen molar-refractivity contribution in [1.82, 2.24) is 0 Å². The second kappa shape index (κ2) is 4.04. The molecular weight excluding hydrogens is 269 g/mol. The van der Waals surface area contributed by atoms with Crippen molar-refractivity contribution in [2.75, 3.05) is 10.5 Å². The molecule has 0 radical (unpaired) electrons. The van der Waals surface area contributed by atoms with Crippen LogP contribution in [0.25, 0.3) is 0 Å². The number of alkyl halides is 3. The fraction of sp³-hybridized carbons (Fsp3) is 0.400. The zero-order valence-corrected chi connectivity index (χ0v) is 9.98. The third-order valence-electron chi connectivity index (χ3n) is 2.58. The van der Waals surface area contributed by atoms with E-state index in [9.17, 15) is 21.6 Å². The fourth-order valence-corrected chi connectivity index (χ4v) is 2.87. The van der Waals surface area contributed by atoms with Gasteiger partial charge >= 0.3 is 6.18 Å². The Kier molecular flexibility index (Phi) is 2.92. The van der Waals surface area contributed by atoms with Gasteiger partial charge in [0.1, 0.15) is 0 Å². The van der Waals surface area contributed by atoms with Crippen molar-refractivity contribution in [3.8, 4) is 0 Å². The molecule has 1 aromatic rings. The Hall–Kier alpha value is -1.44. The molecule has 0 aliphatic heterocycles. The third kappa shape index (κ3) is 2.69. The summed E-state index contributed by atoms with van der Waals surface area (Å²) in [5, 5.41) is -0.496. The lowest BCUT2D eigenvalue weighted by Crippen LogP contribution is -2.18. The number of nitrogens with one attached hydrogen (secondary N) is 1. The van der Waals surface area contributed by atoms with E-state index in [2.05, 4.69) is 4.72 Å². The van der Waals surface area contributed by atoms with Crippen LogP contribution in [0, 0.1) is 0 Å². The van der Waals surface area contributed by atoms with Gasteiger partial charge in [0.05, 0.1) is 10.8 Å². The zero-order chi connectivity index (χ0) is 13.6. The Labute approximate surface area is 102 Å². The van der Waals surface area contributed by atoms with Crippen molar-refractivity contribution < 1.29 is 21.6 Å². The SMILES string of the molecule is Nc1ccc(NS(=O)(=O)C2CC2)cc1C(F)(F)F. The van der Waals surface area contributed by atoms with E-state index in [0.717, 1.165) is 6.07 Å². The van der Waals surface area contributed by atoms with Gasteiger partial charge in [-0.25, -0.2) is 8.42 Å². The van der Waals surface area contributed by atoms with Crippen LogP contribution in [0.3, 0.4) is 0 Å². The molecule has 8 heteroatoms. The summed E-state index contributed by atoms with van der Waals surface area (Å²) in [5.41, 5.74) is 3.62. The molecule has 0 bridgehead atoms. The van der Waals surface area contributed by atoms with E-state index in [0.29, 0.717) is 18.9 Å². The van der Waals surface area contributed by atoms with E-state index >= 15 is 0 Å². The predicted octanol–water partition coefficient (Wildman–Crippen LogP) is 2.19. The van der Waals surface area contributed by atoms with Crippen LogP contribution in [-0.2, 0) is 16.2 Å². The van der Waals surface area contributed by atoms with Gasteiger partial charge in [0.15, 0.2) is 0 Å². The van der Waals surface area contributed by atoms with Crippen molar-refractivity contribution in [3.63, 3.8) is 0 Å². The molecule has 1 aromatic carbocycles. The van der Waals surface area contributed by atoms with Crippen molar-refractivity contribution >= 4 is 21.4 Å². The zero-order valence-electron chi connectivity index (χ0n) is 9.16. The van der Waals surface area contributed by atoms with Gasteiger partial charge in [-0.3, -0.25) is 4.72 Å². The van der Waals surface area contributed by atoms with E-state index in [-0.39, 0.29) is 5.69 Å². The molecule has 1 aliphatic carbocycles. The van der Waals surface area contributed by atoms with Crippen LogP contribution in [0.2, 0.25) is 0 Å². The molecule has 2 rings (SSSR count). The normalized spacial score (nSPS) is 16.6. The molecule has 0 spiro atoms. The van der Waals surface area contributed by atoms with E-state index < -0.39 is 32.7 Å². The standard InChI is InChI=1S/C10H11F3N2O2S/c11-10(12,13)8-5-6(1-4-9(8)14)15-18(16,17)7-2-3-7/h1,4-5,7,15H,2-3,14H2. The summed E-state index contributed by atoms with van der Waals surface area (Å²) >= 11 is 0. The van der Waals surface area contributed by atoms with Gasteiger partial charge in [-0.15, -0.1) is 0 Å². The summed E-state index contributed by atoms with van der Waals surface area (Å²) in [5.74, 6) is 0. The van der Waals surface area contributed by atoms with Gasteiger partial charge in [0.25, 0.3) is 0 Å². The molecule has 1 aliphatic rings. The van der Waals surface area contributed by atoms with Gasteiger partial charge in [-0.05, 0) is 31.0 Å².